The van der Waals surface area contributed by atoms with Crippen LogP contribution in [0.5, 0.6) is 0 Å². The molecule has 1 aliphatic carbocycles. The molecule has 400 valence electrons. The van der Waals surface area contributed by atoms with E-state index in [2.05, 4.69) is 42.8 Å². The molecule has 0 aromatic heterocycles. The van der Waals surface area contributed by atoms with Crippen molar-refractivity contribution in [3.05, 3.63) is 0 Å². The van der Waals surface area contributed by atoms with Gasteiger partial charge in [-0.1, -0.05) is 259 Å². The Morgan fingerprint density at radius 2 is 0.567 bits per heavy atom. The van der Waals surface area contributed by atoms with E-state index in [1.807, 2.05) is 0 Å². The average Bonchev–Trinajstić information content (AvgIpc) is 3.82. The van der Waals surface area contributed by atoms with E-state index < -0.39 is 0 Å². The van der Waals surface area contributed by atoms with Crippen molar-refractivity contribution < 1.29 is 14.7 Å². The molecule has 1 saturated carbocycles. The molecule has 0 aliphatic heterocycles. The van der Waals surface area contributed by atoms with E-state index in [-0.39, 0.29) is 6.10 Å². The summed E-state index contributed by atoms with van der Waals surface area (Å²) < 4.78 is 0. The van der Waals surface area contributed by atoms with Gasteiger partial charge in [0.25, 0.3) is 0 Å². The van der Waals surface area contributed by atoms with E-state index in [9.17, 15) is 9.59 Å². The third-order valence-electron chi connectivity index (χ3n) is 14.6. The van der Waals surface area contributed by atoms with Crippen LogP contribution in [0.1, 0.15) is 336 Å². The molecule has 2 amide bonds. The molecule has 0 unspecified atom stereocenters. The molecule has 6 heteroatoms. The van der Waals surface area contributed by atoms with Gasteiger partial charge in [-0.2, -0.15) is 0 Å². The van der Waals surface area contributed by atoms with Crippen LogP contribution in [0.25, 0.3) is 0 Å². The van der Waals surface area contributed by atoms with Crippen LogP contribution in [0, 0.1) is 0 Å². The van der Waals surface area contributed by atoms with Crippen LogP contribution < -0.4 is 5.32 Å². The minimum atomic E-state index is 0.0463. The fourth-order valence-electron chi connectivity index (χ4n) is 9.93. The van der Waals surface area contributed by atoms with Crippen LogP contribution in [0.4, 0.5) is 0 Å². The summed E-state index contributed by atoms with van der Waals surface area (Å²) in [6.07, 6.45) is 60.6. The number of nitrogens with one attached hydrogen (secondary N) is 1. The molecule has 1 aliphatic rings. The molecule has 0 atom stereocenters. The van der Waals surface area contributed by atoms with Crippen LogP contribution in [0.15, 0.2) is 0 Å². The maximum atomic E-state index is 13.3. The van der Waals surface area contributed by atoms with Gasteiger partial charge in [0.1, 0.15) is 0 Å². The van der Waals surface area contributed by atoms with E-state index in [0.29, 0.717) is 11.8 Å². The lowest BCUT2D eigenvalue weighted by molar-refractivity contribution is -0.132. The summed E-state index contributed by atoms with van der Waals surface area (Å²) in [5.41, 5.74) is 0. The zero-order valence-corrected chi connectivity index (χ0v) is 46.4. The third kappa shape index (κ3) is 49.6. The molecule has 0 saturated heterocycles. The Morgan fingerprint density at radius 1 is 0.343 bits per heavy atom. The average molecular weight is 947 g/mol. The maximum absolute atomic E-state index is 13.3. The lowest BCUT2D eigenvalue weighted by Crippen LogP contribution is -2.32. The fraction of sp³-hybridized carbons (Fsp3) is 0.967. The smallest absolute Gasteiger partial charge is 0.222 e. The minimum Gasteiger partial charge on any atom is -0.393 e. The Labute approximate surface area is 421 Å². The van der Waals surface area contributed by atoms with E-state index in [0.717, 1.165) is 77.8 Å². The molecule has 1 fully saturated rings. The quantitative estimate of drug-likeness (QED) is 0.0596. The standard InChI is InChI=1S/C56H113N3O2.C5H10O/c1-5-9-13-17-21-25-35-43-51-58(52-44-36-26-22-18-14-10-6-2)55(60)47-39-31-29-33-41-49-57-50-42-34-30-32-40-48-56(61)59(53-45-37-27-23-19-15-11-7-3)54-46-38-28-24-20-16-12-8-4;6-5-3-1-2-4-5/h57H,5-54H2,1-4H3;5-6H,1-4H2. The number of carbonyl (C=O) groups excluding carboxylic acids is 2. The number of aliphatic hydroxyl groups is 1. The molecule has 2 N–H and O–H groups in total. The Morgan fingerprint density at radius 3 is 0.806 bits per heavy atom. The predicted molar refractivity (Wildman–Crippen MR) is 296 cm³/mol. The van der Waals surface area contributed by atoms with Crippen LogP contribution in [-0.4, -0.2) is 72.1 Å². The zero-order valence-electron chi connectivity index (χ0n) is 46.4. The lowest BCUT2D eigenvalue weighted by Gasteiger charge is -2.23. The van der Waals surface area contributed by atoms with Crippen molar-refractivity contribution in [1.29, 1.82) is 0 Å². The SMILES string of the molecule is CCCCCCCCCCN(CCCCCCCCCC)C(=O)CCCCCCCNCCCCCCCC(=O)N(CCCCCCCCCC)CCCCCCCCCC.OC1CCCC1. The third-order valence-corrected chi connectivity index (χ3v) is 14.6. The van der Waals surface area contributed by atoms with Crippen LogP contribution >= 0.6 is 0 Å². The zero-order chi connectivity index (χ0) is 48.8. The molecule has 0 spiro atoms. The first-order valence-corrected chi connectivity index (χ1v) is 30.9. The van der Waals surface area contributed by atoms with Gasteiger partial charge in [-0.15, -0.1) is 0 Å². The Hall–Kier alpha value is -1.14. The van der Waals surface area contributed by atoms with Crippen molar-refractivity contribution in [3.8, 4) is 0 Å². The number of amides is 2. The number of nitrogens with zero attached hydrogens (tertiary/aromatic N) is 2. The minimum absolute atomic E-state index is 0.0463. The molecule has 0 heterocycles. The van der Waals surface area contributed by atoms with Gasteiger partial charge < -0.3 is 20.2 Å². The molecule has 0 bridgehead atoms. The van der Waals surface area contributed by atoms with Crippen molar-refractivity contribution in [3.63, 3.8) is 0 Å². The second-order valence-electron chi connectivity index (χ2n) is 21.4. The number of hydrogen-bond acceptors (Lipinski definition) is 4. The Bertz CT molecular complexity index is 863. The maximum Gasteiger partial charge on any atom is 0.222 e. The van der Waals surface area contributed by atoms with Crippen LogP contribution in [0.3, 0.4) is 0 Å². The van der Waals surface area contributed by atoms with Gasteiger partial charge >= 0.3 is 0 Å². The van der Waals surface area contributed by atoms with Crippen LogP contribution in [0.2, 0.25) is 0 Å². The lowest BCUT2D eigenvalue weighted by atomic mass is 10.1. The summed E-state index contributed by atoms with van der Waals surface area (Å²) in [6.45, 7) is 15.3. The number of rotatable bonds is 52. The molecule has 67 heavy (non-hydrogen) atoms. The highest BCUT2D eigenvalue weighted by Gasteiger charge is 2.14. The van der Waals surface area contributed by atoms with E-state index >= 15 is 0 Å². The highest BCUT2D eigenvalue weighted by molar-refractivity contribution is 5.76. The molecule has 6 nitrogen and oxygen atoms in total. The fourth-order valence-corrected chi connectivity index (χ4v) is 9.93. The molecule has 1 rings (SSSR count). The molecule has 0 aromatic carbocycles. The first-order valence-electron chi connectivity index (χ1n) is 30.9. The van der Waals surface area contributed by atoms with Gasteiger partial charge in [0.2, 0.25) is 11.8 Å². The van der Waals surface area contributed by atoms with Crippen LogP contribution in [-0.2, 0) is 9.59 Å². The summed E-state index contributed by atoms with van der Waals surface area (Å²) in [6, 6.07) is 0. The highest BCUT2D eigenvalue weighted by atomic mass is 16.3. The number of aliphatic hydroxyl groups excluding tert-OH is 1. The van der Waals surface area contributed by atoms with Gasteiger partial charge in [0.05, 0.1) is 6.10 Å². The Balaban J connectivity index is 0.00000666. The number of carbonyl (C=O) groups is 2. The number of unbranched alkanes of at least 4 members (excludes halogenated alkanes) is 36. The van der Waals surface area contributed by atoms with Crippen molar-refractivity contribution in [2.24, 2.45) is 0 Å². The first-order chi connectivity index (χ1) is 33.0. The molecule has 0 radical (unpaired) electrons. The van der Waals surface area contributed by atoms with E-state index in [4.69, 9.17) is 5.11 Å². The normalized spacial score (nSPS) is 12.7. The van der Waals surface area contributed by atoms with Crippen molar-refractivity contribution in [2.75, 3.05) is 39.3 Å². The second kappa shape index (κ2) is 55.8. The molecular formula is C61H123N3O3. The van der Waals surface area contributed by atoms with Crippen molar-refractivity contribution >= 4 is 11.8 Å². The highest BCUT2D eigenvalue weighted by Crippen LogP contribution is 2.18. The predicted octanol–water partition coefficient (Wildman–Crippen LogP) is 18.4. The second-order valence-corrected chi connectivity index (χ2v) is 21.4. The van der Waals surface area contributed by atoms with Gasteiger partial charge in [-0.3, -0.25) is 9.59 Å². The van der Waals surface area contributed by atoms with E-state index in [1.165, 1.54) is 270 Å². The van der Waals surface area contributed by atoms with Gasteiger partial charge in [-0.05, 0) is 77.3 Å². The molecule has 0 aromatic rings. The summed E-state index contributed by atoms with van der Waals surface area (Å²) in [7, 11) is 0. The van der Waals surface area contributed by atoms with Gasteiger partial charge in [0, 0.05) is 39.0 Å². The Kier molecular flexibility index (Phi) is 54.8. The summed E-state index contributed by atoms with van der Waals surface area (Å²) in [4.78, 5) is 31.0. The van der Waals surface area contributed by atoms with E-state index in [1.54, 1.807) is 0 Å². The summed E-state index contributed by atoms with van der Waals surface area (Å²) >= 11 is 0. The topological polar surface area (TPSA) is 72.9 Å². The largest absolute Gasteiger partial charge is 0.393 e. The number of hydrogen-bond donors (Lipinski definition) is 2. The van der Waals surface area contributed by atoms with Crippen molar-refractivity contribution in [1.82, 2.24) is 15.1 Å². The van der Waals surface area contributed by atoms with Gasteiger partial charge in [0.15, 0.2) is 0 Å². The van der Waals surface area contributed by atoms with Gasteiger partial charge in [-0.25, -0.2) is 0 Å². The van der Waals surface area contributed by atoms with Crippen molar-refractivity contribution in [2.45, 2.75) is 342 Å². The first kappa shape index (κ1) is 65.9. The molecular weight excluding hydrogens is 823 g/mol. The summed E-state index contributed by atoms with van der Waals surface area (Å²) in [5.74, 6) is 0.841. The monoisotopic (exact) mass is 946 g/mol. The summed E-state index contributed by atoms with van der Waals surface area (Å²) in [5, 5.41) is 12.4.